The van der Waals surface area contributed by atoms with E-state index in [1.54, 1.807) is 0 Å². The molecule has 0 fully saturated rings. The molecule has 2 radical (unpaired) electrons. The van der Waals surface area contributed by atoms with Gasteiger partial charge in [-0.1, -0.05) is 0 Å². The third-order valence-corrected chi connectivity index (χ3v) is 0. The van der Waals surface area contributed by atoms with Crippen LogP contribution in [0.25, 0.3) is 0 Å². The summed E-state index contributed by atoms with van der Waals surface area (Å²) < 4.78 is 8.55. The first-order valence-electron chi connectivity index (χ1n) is 0.730. The summed E-state index contributed by atoms with van der Waals surface area (Å²) in [6.45, 7) is 0. The van der Waals surface area contributed by atoms with E-state index in [1.165, 1.54) is 0 Å². The van der Waals surface area contributed by atoms with Crippen molar-refractivity contribution >= 4 is 7.82 Å². The largest absolute Gasteiger partial charge is 2.00 e. The maximum absolute atomic E-state index is 8.55. The fourth-order valence-electron chi connectivity index (χ4n) is 0. The van der Waals surface area contributed by atoms with Gasteiger partial charge in [-0.3, -0.25) is 0 Å². The van der Waals surface area contributed by atoms with Crippen LogP contribution in [0.3, 0.4) is 0 Å². The number of rotatable bonds is 0. The number of hydrogen-bond donors (Lipinski definition) is 0. The second-order valence-corrected chi connectivity index (χ2v) is 1.34. The van der Waals surface area contributed by atoms with Crippen molar-refractivity contribution in [2.24, 2.45) is 0 Å². The van der Waals surface area contributed by atoms with Crippen molar-refractivity contribution in [2.75, 3.05) is 0 Å². The Morgan fingerprint density at radius 2 is 1.00 bits per heavy atom. The first-order valence-corrected chi connectivity index (χ1v) is 2.19. The molecule has 8 heteroatoms. The SMILES string of the molecule is O=P([O-])([O-])[O-].[Cl-].[Mn+2].[Mn+2]. The quantitative estimate of drug-likeness (QED) is 0.312. The van der Waals surface area contributed by atoms with Gasteiger partial charge in [0.1, 0.15) is 0 Å². The monoisotopic (exact) mass is 240 g/mol. The van der Waals surface area contributed by atoms with E-state index in [0.717, 1.165) is 0 Å². The summed E-state index contributed by atoms with van der Waals surface area (Å²) in [4.78, 5) is 25.6. The normalized spacial score (nSPS) is 7.38. The maximum Gasteiger partial charge on any atom is 2.00 e. The van der Waals surface area contributed by atoms with E-state index in [9.17, 15) is 0 Å². The zero-order valence-electron chi connectivity index (χ0n) is 3.21. The molecule has 0 rings (SSSR count). The summed E-state index contributed by atoms with van der Waals surface area (Å²) in [5, 5.41) is 0. The molecular formula is ClMn2O4P. The molecule has 0 atom stereocenters. The van der Waals surface area contributed by atoms with Crippen molar-refractivity contribution in [1.82, 2.24) is 0 Å². The predicted octanol–water partition coefficient (Wildman–Crippen LogP) is -5.83. The molecule has 0 saturated carbocycles. The summed E-state index contributed by atoms with van der Waals surface area (Å²) in [7, 11) is -5.39. The molecule has 0 N–H and O–H groups in total. The van der Waals surface area contributed by atoms with Gasteiger partial charge < -0.3 is 31.7 Å². The van der Waals surface area contributed by atoms with Crippen LogP contribution in [-0.2, 0) is 38.7 Å². The van der Waals surface area contributed by atoms with Crippen molar-refractivity contribution in [1.29, 1.82) is 0 Å². The van der Waals surface area contributed by atoms with Gasteiger partial charge in [-0.25, -0.2) is 0 Å². The summed E-state index contributed by atoms with van der Waals surface area (Å²) in [5.74, 6) is 0. The molecule has 4 nitrogen and oxygen atoms in total. The predicted molar refractivity (Wildman–Crippen MR) is 7.61 cm³/mol. The van der Waals surface area contributed by atoms with Crippen LogP contribution in [0.2, 0.25) is 0 Å². The molecule has 0 aromatic carbocycles. The summed E-state index contributed by atoms with van der Waals surface area (Å²) in [6, 6.07) is 0. The van der Waals surface area contributed by atoms with Crippen molar-refractivity contribution in [2.45, 2.75) is 0 Å². The van der Waals surface area contributed by atoms with E-state index in [1.807, 2.05) is 0 Å². The summed E-state index contributed by atoms with van der Waals surface area (Å²) in [5.41, 5.74) is 0. The Morgan fingerprint density at radius 3 is 1.00 bits per heavy atom. The first kappa shape index (κ1) is 22.7. The second-order valence-electron chi connectivity index (χ2n) is 0.447. The van der Waals surface area contributed by atoms with Crippen molar-refractivity contribution in [3.05, 3.63) is 0 Å². The Kier molecular flexibility index (Phi) is 24.0. The van der Waals surface area contributed by atoms with Crippen molar-refractivity contribution in [3.63, 3.8) is 0 Å². The van der Waals surface area contributed by atoms with Crippen LogP contribution in [0.5, 0.6) is 0 Å². The Bertz CT molecular complexity index is 60.2. The van der Waals surface area contributed by atoms with Gasteiger partial charge >= 0.3 is 34.1 Å². The molecule has 0 amide bonds. The van der Waals surface area contributed by atoms with Gasteiger partial charge in [-0.15, -0.1) is 0 Å². The molecule has 0 bridgehead atoms. The van der Waals surface area contributed by atoms with Gasteiger partial charge in [-0.05, 0) is 0 Å². The number of halogens is 1. The van der Waals surface area contributed by atoms with Gasteiger partial charge in [0.15, 0.2) is 0 Å². The minimum absolute atomic E-state index is 0. The van der Waals surface area contributed by atoms with E-state index >= 15 is 0 Å². The van der Waals surface area contributed by atoms with Crippen LogP contribution in [0.4, 0.5) is 0 Å². The Morgan fingerprint density at radius 1 is 1.00 bits per heavy atom. The Hall–Kier alpha value is 1.44. The van der Waals surface area contributed by atoms with Crippen molar-refractivity contribution < 1.29 is 65.8 Å². The zero-order chi connectivity index (χ0) is 4.50. The van der Waals surface area contributed by atoms with E-state index < -0.39 is 7.82 Å². The Balaban J connectivity index is -0.0000000267. The van der Waals surface area contributed by atoms with Gasteiger partial charge in [0.05, 0.1) is 0 Å². The van der Waals surface area contributed by atoms with Crippen LogP contribution < -0.4 is 27.1 Å². The van der Waals surface area contributed by atoms with Crippen molar-refractivity contribution in [3.8, 4) is 0 Å². The van der Waals surface area contributed by atoms with E-state index in [2.05, 4.69) is 0 Å². The molecule has 0 saturated heterocycles. The smallest absolute Gasteiger partial charge is 1.00 e. The average Bonchev–Trinajstić information content (AvgIpc) is 0.722. The maximum atomic E-state index is 8.55. The molecule has 0 aliphatic rings. The van der Waals surface area contributed by atoms with E-state index in [0.29, 0.717) is 0 Å². The van der Waals surface area contributed by atoms with Gasteiger partial charge in [-0.2, -0.15) is 7.82 Å². The molecule has 0 unspecified atom stereocenters. The van der Waals surface area contributed by atoms with Crippen LogP contribution >= 0.6 is 7.82 Å². The fraction of sp³-hybridized carbons (Fsp3) is 0. The molecule has 0 heterocycles. The van der Waals surface area contributed by atoms with Crippen LogP contribution in [0.15, 0.2) is 0 Å². The van der Waals surface area contributed by atoms with Gasteiger partial charge in [0, 0.05) is 0 Å². The summed E-state index contributed by atoms with van der Waals surface area (Å²) >= 11 is 0. The number of phosphoric acid groups is 1. The summed E-state index contributed by atoms with van der Waals surface area (Å²) in [6.07, 6.45) is 0. The molecule has 0 aromatic heterocycles. The van der Waals surface area contributed by atoms with Crippen LogP contribution in [0, 0.1) is 0 Å². The van der Waals surface area contributed by atoms with Crippen LogP contribution in [-0.4, -0.2) is 0 Å². The first-order chi connectivity index (χ1) is 2.00. The van der Waals surface area contributed by atoms with E-state index in [4.69, 9.17) is 19.2 Å². The topological polar surface area (TPSA) is 86.2 Å². The second kappa shape index (κ2) is 8.44. The minimum Gasteiger partial charge on any atom is -1.00 e. The Labute approximate surface area is 73.7 Å². The van der Waals surface area contributed by atoms with E-state index in [-0.39, 0.29) is 46.5 Å². The molecule has 8 heavy (non-hydrogen) atoms. The molecule has 0 aliphatic carbocycles. The minimum atomic E-state index is -5.39. The fourth-order valence-corrected chi connectivity index (χ4v) is 0. The standard InChI is InChI=1S/ClH.2Mn.H3O4P/c;;;1-5(2,3)4/h1H;;;(H3,1,2,3,4)/q;2*+2;/p-4. The van der Waals surface area contributed by atoms with Gasteiger partial charge in [0.2, 0.25) is 0 Å². The molecule has 0 spiro atoms. The van der Waals surface area contributed by atoms with Gasteiger partial charge in [0.25, 0.3) is 0 Å². The molecular weight excluding hydrogens is 240 g/mol. The third-order valence-electron chi connectivity index (χ3n) is 0. The van der Waals surface area contributed by atoms with Crippen LogP contribution in [0.1, 0.15) is 0 Å². The average molecular weight is 240 g/mol. The molecule has 0 aliphatic heterocycles. The third kappa shape index (κ3) is 149. The molecule has 0 aromatic rings. The molecule has 50 valence electrons. The number of hydrogen-bond acceptors (Lipinski definition) is 4. The zero-order valence-corrected chi connectivity index (χ0v) is 7.23.